The van der Waals surface area contributed by atoms with E-state index in [2.05, 4.69) is 0 Å². The van der Waals surface area contributed by atoms with E-state index in [9.17, 15) is 4.57 Å². The van der Waals surface area contributed by atoms with E-state index in [0.717, 1.165) is 17.7 Å². The Morgan fingerprint density at radius 1 is 1.05 bits per heavy atom. The van der Waals surface area contributed by atoms with Crippen molar-refractivity contribution in [2.75, 3.05) is 19.5 Å². The van der Waals surface area contributed by atoms with Crippen LogP contribution in [0.4, 0.5) is 0 Å². The molecule has 0 spiro atoms. The molecule has 1 rings (SSSR count). The summed E-state index contributed by atoms with van der Waals surface area (Å²) in [4.78, 5) is 1.12. The molecule has 4 nitrogen and oxygen atoms in total. The molecule has 0 aromatic heterocycles. The van der Waals surface area contributed by atoms with Crippen LogP contribution in [0.2, 0.25) is 0 Å². The number of phosphoric ester groups is 1. The van der Waals surface area contributed by atoms with Crippen molar-refractivity contribution in [3.05, 3.63) is 24.3 Å². The maximum atomic E-state index is 12.4. The second-order valence-corrected chi connectivity index (χ2v) is 6.35. The van der Waals surface area contributed by atoms with Gasteiger partial charge in [0, 0.05) is 4.90 Å². The van der Waals surface area contributed by atoms with Crippen LogP contribution in [-0.4, -0.2) is 19.5 Å². The van der Waals surface area contributed by atoms with Gasteiger partial charge in [0.1, 0.15) is 5.75 Å². The van der Waals surface area contributed by atoms with Gasteiger partial charge < -0.3 is 4.52 Å². The lowest BCUT2D eigenvalue weighted by molar-refractivity contribution is 0.155. The van der Waals surface area contributed by atoms with Crippen molar-refractivity contribution in [2.24, 2.45) is 0 Å². The number of hydrogen-bond donors (Lipinski definition) is 0. The Labute approximate surface area is 119 Å². The smallest absolute Gasteiger partial charge is 0.404 e. The molecule has 0 radical (unpaired) electrons. The van der Waals surface area contributed by atoms with E-state index >= 15 is 0 Å². The highest BCUT2D eigenvalue weighted by Crippen LogP contribution is 2.49. The zero-order valence-corrected chi connectivity index (χ0v) is 13.3. The highest BCUT2D eigenvalue weighted by Gasteiger charge is 2.27. The Morgan fingerprint density at radius 3 is 2.00 bits per heavy atom. The molecule has 0 aliphatic carbocycles. The van der Waals surface area contributed by atoms with E-state index < -0.39 is 7.82 Å². The van der Waals surface area contributed by atoms with Crippen molar-refractivity contribution in [3.63, 3.8) is 0 Å². The minimum Gasteiger partial charge on any atom is -0.404 e. The Bertz CT molecular complexity index is 396. The molecule has 0 saturated carbocycles. The van der Waals surface area contributed by atoms with Crippen LogP contribution >= 0.6 is 19.6 Å². The van der Waals surface area contributed by atoms with Crippen LogP contribution in [0.25, 0.3) is 0 Å². The van der Waals surface area contributed by atoms with Gasteiger partial charge in [-0.15, -0.1) is 11.8 Å². The van der Waals surface area contributed by atoms with Gasteiger partial charge in [0.15, 0.2) is 0 Å². The first-order valence-corrected chi connectivity index (χ1v) is 9.05. The fourth-order valence-electron chi connectivity index (χ4n) is 1.26. The Kier molecular flexibility index (Phi) is 7.54. The summed E-state index contributed by atoms with van der Waals surface area (Å²) in [5, 5.41) is 0. The molecule has 0 saturated heterocycles. The van der Waals surface area contributed by atoms with E-state index in [4.69, 9.17) is 13.6 Å². The van der Waals surface area contributed by atoms with Gasteiger partial charge in [0.2, 0.25) is 0 Å². The maximum absolute atomic E-state index is 12.4. The molecule has 108 valence electrons. The van der Waals surface area contributed by atoms with Crippen molar-refractivity contribution in [1.82, 2.24) is 0 Å². The average molecular weight is 304 g/mol. The monoisotopic (exact) mass is 304 g/mol. The van der Waals surface area contributed by atoms with E-state index in [0.29, 0.717) is 19.0 Å². The van der Waals surface area contributed by atoms with Gasteiger partial charge in [-0.25, -0.2) is 4.57 Å². The molecular weight excluding hydrogens is 283 g/mol. The minimum absolute atomic E-state index is 0.351. The fraction of sp³-hybridized carbons (Fsp3) is 0.538. The summed E-state index contributed by atoms with van der Waals surface area (Å²) in [6.45, 7) is 4.59. The van der Waals surface area contributed by atoms with Crippen molar-refractivity contribution >= 4 is 19.6 Å². The average Bonchev–Trinajstić information content (AvgIpc) is 2.44. The molecule has 19 heavy (non-hydrogen) atoms. The number of hydrogen-bond acceptors (Lipinski definition) is 5. The van der Waals surface area contributed by atoms with Crippen LogP contribution in [0.5, 0.6) is 5.75 Å². The van der Waals surface area contributed by atoms with Crippen LogP contribution in [-0.2, 0) is 13.6 Å². The van der Waals surface area contributed by atoms with Crippen LogP contribution in [0.1, 0.15) is 26.7 Å². The number of phosphoric acid groups is 1. The zero-order chi connectivity index (χ0) is 14.1. The van der Waals surface area contributed by atoms with Crippen LogP contribution in [0, 0.1) is 0 Å². The van der Waals surface area contributed by atoms with Crippen LogP contribution in [0.15, 0.2) is 29.2 Å². The van der Waals surface area contributed by atoms with E-state index in [1.54, 1.807) is 23.9 Å². The molecule has 1 aromatic carbocycles. The predicted octanol–water partition coefficient (Wildman–Crippen LogP) is 4.75. The molecule has 0 atom stereocenters. The molecule has 6 heteroatoms. The highest BCUT2D eigenvalue weighted by molar-refractivity contribution is 7.98. The van der Waals surface area contributed by atoms with E-state index in [1.807, 2.05) is 32.2 Å². The largest absolute Gasteiger partial charge is 0.530 e. The van der Waals surface area contributed by atoms with Crippen molar-refractivity contribution in [2.45, 2.75) is 31.6 Å². The molecule has 0 heterocycles. The first-order valence-electron chi connectivity index (χ1n) is 6.36. The van der Waals surface area contributed by atoms with Crippen LogP contribution < -0.4 is 4.52 Å². The number of rotatable bonds is 9. The fourth-order valence-corrected chi connectivity index (χ4v) is 3.04. The third kappa shape index (κ3) is 6.00. The second kappa shape index (κ2) is 8.64. The summed E-state index contributed by atoms with van der Waals surface area (Å²) < 4.78 is 28.3. The van der Waals surface area contributed by atoms with E-state index in [1.165, 1.54) is 0 Å². The quantitative estimate of drug-likeness (QED) is 0.486. The summed E-state index contributed by atoms with van der Waals surface area (Å²) in [5.74, 6) is 0.494. The molecule has 0 aliphatic rings. The van der Waals surface area contributed by atoms with Gasteiger partial charge in [0.05, 0.1) is 13.2 Å². The summed E-state index contributed by atoms with van der Waals surface area (Å²) >= 11 is 1.64. The maximum Gasteiger partial charge on any atom is 0.530 e. The standard InChI is InChI=1S/C13H21O4PS/c1-4-10-15-18(14,16-11-5-2)17-12-6-8-13(19-3)9-7-12/h6-9H,4-5,10-11H2,1-3H3. The lowest BCUT2D eigenvalue weighted by Gasteiger charge is -2.18. The first kappa shape index (κ1) is 16.6. The van der Waals surface area contributed by atoms with Gasteiger partial charge in [0.25, 0.3) is 0 Å². The molecule has 0 unspecified atom stereocenters. The molecular formula is C13H21O4PS. The lowest BCUT2D eigenvalue weighted by Crippen LogP contribution is -2.04. The van der Waals surface area contributed by atoms with Gasteiger partial charge in [-0.1, -0.05) is 13.8 Å². The highest BCUT2D eigenvalue weighted by atomic mass is 32.2. The SMILES string of the molecule is CCCOP(=O)(OCCC)Oc1ccc(SC)cc1. The zero-order valence-electron chi connectivity index (χ0n) is 11.6. The lowest BCUT2D eigenvalue weighted by atomic mass is 10.3. The minimum atomic E-state index is -3.50. The Hall–Kier alpha value is -0.480. The van der Waals surface area contributed by atoms with Gasteiger partial charge in [-0.05, 0) is 43.4 Å². The van der Waals surface area contributed by atoms with Gasteiger partial charge in [-0.2, -0.15) is 0 Å². The molecule has 1 aromatic rings. The summed E-state index contributed by atoms with van der Waals surface area (Å²) in [6, 6.07) is 7.35. The molecule has 0 aliphatic heterocycles. The Balaban J connectivity index is 2.71. The summed E-state index contributed by atoms with van der Waals surface area (Å²) in [6.07, 6.45) is 3.51. The number of benzene rings is 1. The van der Waals surface area contributed by atoms with Crippen molar-refractivity contribution < 1.29 is 18.1 Å². The summed E-state index contributed by atoms with van der Waals surface area (Å²) in [5.41, 5.74) is 0. The van der Waals surface area contributed by atoms with Crippen molar-refractivity contribution in [3.8, 4) is 5.75 Å². The molecule has 0 bridgehead atoms. The third-order valence-electron chi connectivity index (χ3n) is 2.18. The predicted molar refractivity (Wildman–Crippen MR) is 78.9 cm³/mol. The Morgan fingerprint density at radius 2 is 1.58 bits per heavy atom. The van der Waals surface area contributed by atoms with Gasteiger partial charge >= 0.3 is 7.82 Å². The second-order valence-electron chi connectivity index (χ2n) is 3.88. The van der Waals surface area contributed by atoms with Crippen molar-refractivity contribution in [1.29, 1.82) is 0 Å². The molecule has 0 fully saturated rings. The topological polar surface area (TPSA) is 44.8 Å². The normalized spacial score (nSPS) is 11.5. The molecule has 0 amide bonds. The molecule has 0 N–H and O–H groups in total. The first-order chi connectivity index (χ1) is 9.13. The van der Waals surface area contributed by atoms with E-state index in [-0.39, 0.29) is 0 Å². The van der Waals surface area contributed by atoms with Gasteiger partial charge in [-0.3, -0.25) is 9.05 Å². The summed E-state index contributed by atoms with van der Waals surface area (Å²) in [7, 11) is -3.50. The third-order valence-corrected chi connectivity index (χ3v) is 4.36. The van der Waals surface area contributed by atoms with Crippen LogP contribution in [0.3, 0.4) is 0 Å². The number of thioether (sulfide) groups is 1.